The highest BCUT2D eigenvalue weighted by Crippen LogP contribution is 2.26. The number of alkyl halides is 2. The Morgan fingerprint density at radius 3 is 2.86 bits per heavy atom. The molecule has 14 heavy (non-hydrogen) atoms. The maximum absolute atomic E-state index is 12.6. The van der Waals surface area contributed by atoms with Crippen molar-refractivity contribution in [1.29, 1.82) is 0 Å². The van der Waals surface area contributed by atoms with Crippen LogP contribution in [0.5, 0.6) is 5.75 Å². The van der Waals surface area contributed by atoms with E-state index >= 15 is 0 Å². The zero-order chi connectivity index (χ0) is 10.1. The number of hydrogen-bond donors (Lipinski definition) is 0. The minimum Gasteiger partial charge on any atom is -0.435 e. The van der Waals surface area contributed by atoms with Gasteiger partial charge < -0.3 is 4.74 Å². The lowest BCUT2D eigenvalue weighted by Gasteiger charge is -2.02. The van der Waals surface area contributed by atoms with Gasteiger partial charge >= 0.3 is 6.61 Å². The molecule has 0 bridgehead atoms. The van der Waals surface area contributed by atoms with Gasteiger partial charge in [-0.05, 0) is 18.2 Å². The van der Waals surface area contributed by atoms with E-state index in [2.05, 4.69) is 9.72 Å². The number of fused-ring (bicyclic) bond motifs is 1. The summed E-state index contributed by atoms with van der Waals surface area (Å²) in [6.45, 7) is -2.87. The minimum absolute atomic E-state index is 0.0103. The monoisotopic (exact) mass is 219 g/mol. The van der Waals surface area contributed by atoms with Crippen LogP contribution in [-0.2, 0) is 0 Å². The van der Waals surface area contributed by atoms with Gasteiger partial charge in [-0.3, -0.25) is 0 Å². The smallest absolute Gasteiger partial charge is 0.387 e. The first-order valence-electron chi connectivity index (χ1n) is 3.66. The third-order valence-corrected chi connectivity index (χ3v) is 2.37. The Kier molecular flexibility index (Phi) is 2.28. The molecule has 0 aliphatic rings. The van der Waals surface area contributed by atoms with Crippen LogP contribution in [-0.4, -0.2) is 11.6 Å². The SMILES string of the molecule is Fc1nc2ccc(OC(F)F)cc2s1. The van der Waals surface area contributed by atoms with Crippen LogP contribution in [0, 0.1) is 5.26 Å². The molecule has 1 aromatic carbocycles. The fourth-order valence-electron chi connectivity index (χ4n) is 1.05. The van der Waals surface area contributed by atoms with Gasteiger partial charge in [-0.25, -0.2) is 4.98 Å². The molecule has 1 aromatic heterocycles. The van der Waals surface area contributed by atoms with Crippen LogP contribution in [0.3, 0.4) is 0 Å². The second-order valence-corrected chi connectivity index (χ2v) is 3.46. The summed E-state index contributed by atoms with van der Waals surface area (Å²) in [4.78, 5) is 3.54. The summed E-state index contributed by atoms with van der Waals surface area (Å²) >= 11 is 0.791. The lowest BCUT2D eigenvalue weighted by Crippen LogP contribution is -2.01. The minimum atomic E-state index is -2.87. The van der Waals surface area contributed by atoms with Crippen molar-refractivity contribution in [3.05, 3.63) is 23.5 Å². The highest BCUT2D eigenvalue weighted by molar-refractivity contribution is 7.17. The highest BCUT2D eigenvalue weighted by atomic mass is 32.1. The quantitative estimate of drug-likeness (QED) is 0.774. The summed E-state index contributed by atoms with van der Waals surface area (Å²) in [6, 6.07) is 4.10. The predicted octanol–water partition coefficient (Wildman–Crippen LogP) is 3.04. The standard InChI is InChI=1S/C8H4F3NOS/c9-7(10)13-4-1-2-5-6(3-4)14-8(11)12-5/h1-3,7H. The Morgan fingerprint density at radius 1 is 1.36 bits per heavy atom. The van der Waals surface area contributed by atoms with Gasteiger partial charge in [0.15, 0.2) is 0 Å². The fourth-order valence-corrected chi connectivity index (χ4v) is 1.77. The Labute approximate surface area is 80.9 Å². The average molecular weight is 219 g/mol. The number of rotatable bonds is 2. The van der Waals surface area contributed by atoms with Crippen molar-refractivity contribution in [2.24, 2.45) is 0 Å². The molecule has 2 rings (SSSR count). The Bertz CT molecular complexity index is 457. The summed E-state index contributed by atoms with van der Waals surface area (Å²) < 4.78 is 40.9. The van der Waals surface area contributed by atoms with Crippen LogP contribution in [0.2, 0.25) is 0 Å². The maximum atomic E-state index is 12.6. The molecule has 6 heteroatoms. The molecule has 0 saturated carbocycles. The van der Waals surface area contributed by atoms with Gasteiger partial charge in [-0.15, -0.1) is 0 Å². The Morgan fingerprint density at radius 2 is 2.14 bits per heavy atom. The molecule has 0 amide bonds. The van der Waals surface area contributed by atoms with E-state index in [4.69, 9.17) is 0 Å². The van der Waals surface area contributed by atoms with Gasteiger partial charge in [0.25, 0.3) is 5.26 Å². The van der Waals surface area contributed by atoms with Crippen molar-refractivity contribution in [2.45, 2.75) is 6.61 Å². The number of aromatic nitrogens is 1. The molecule has 2 aromatic rings. The number of hydrogen-bond acceptors (Lipinski definition) is 3. The number of benzene rings is 1. The van der Waals surface area contributed by atoms with Crippen LogP contribution in [0.25, 0.3) is 10.2 Å². The van der Waals surface area contributed by atoms with Crippen LogP contribution in [0.4, 0.5) is 13.2 Å². The van der Waals surface area contributed by atoms with E-state index in [9.17, 15) is 13.2 Å². The Hall–Kier alpha value is -1.30. The van der Waals surface area contributed by atoms with E-state index in [1.807, 2.05) is 0 Å². The first kappa shape index (κ1) is 9.26. The highest BCUT2D eigenvalue weighted by Gasteiger charge is 2.07. The average Bonchev–Trinajstić information content (AvgIpc) is 2.42. The summed E-state index contributed by atoms with van der Waals surface area (Å²) in [6.07, 6.45) is 0. The fraction of sp³-hybridized carbons (Fsp3) is 0.125. The lowest BCUT2D eigenvalue weighted by molar-refractivity contribution is -0.0497. The molecular weight excluding hydrogens is 215 g/mol. The van der Waals surface area contributed by atoms with E-state index in [1.54, 1.807) is 0 Å². The van der Waals surface area contributed by atoms with Gasteiger partial charge in [-0.2, -0.15) is 13.2 Å². The summed E-state index contributed by atoms with van der Waals surface area (Å²) in [7, 11) is 0. The molecule has 74 valence electrons. The molecule has 0 spiro atoms. The van der Waals surface area contributed by atoms with E-state index in [-0.39, 0.29) is 5.75 Å². The van der Waals surface area contributed by atoms with Gasteiger partial charge in [0.1, 0.15) is 5.75 Å². The molecule has 2 nitrogen and oxygen atoms in total. The van der Waals surface area contributed by atoms with Gasteiger partial charge in [-0.1, -0.05) is 11.3 Å². The van der Waals surface area contributed by atoms with E-state index < -0.39 is 11.9 Å². The van der Waals surface area contributed by atoms with Crippen LogP contribution in [0.15, 0.2) is 18.2 Å². The molecular formula is C8H4F3NOS. The van der Waals surface area contributed by atoms with Crippen molar-refractivity contribution in [3.8, 4) is 5.75 Å². The molecule has 0 aliphatic carbocycles. The topological polar surface area (TPSA) is 22.1 Å². The lowest BCUT2D eigenvalue weighted by atomic mass is 10.3. The van der Waals surface area contributed by atoms with Crippen molar-refractivity contribution >= 4 is 21.6 Å². The van der Waals surface area contributed by atoms with Gasteiger partial charge in [0, 0.05) is 0 Å². The second-order valence-electron chi connectivity index (χ2n) is 2.47. The number of thiazole rings is 1. The van der Waals surface area contributed by atoms with E-state index in [0.29, 0.717) is 10.2 Å². The van der Waals surface area contributed by atoms with E-state index in [1.165, 1.54) is 18.2 Å². The second kappa shape index (κ2) is 3.45. The first-order valence-corrected chi connectivity index (χ1v) is 4.48. The zero-order valence-corrected chi connectivity index (χ0v) is 7.52. The summed E-state index contributed by atoms with van der Waals surface area (Å²) in [5, 5.41) is -0.589. The maximum Gasteiger partial charge on any atom is 0.387 e. The molecule has 0 N–H and O–H groups in total. The molecule has 0 atom stereocenters. The van der Waals surface area contributed by atoms with Crippen molar-refractivity contribution in [1.82, 2.24) is 4.98 Å². The van der Waals surface area contributed by atoms with Gasteiger partial charge in [0.05, 0.1) is 10.2 Å². The molecule has 1 heterocycles. The van der Waals surface area contributed by atoms with Crippen molar-refractivity contribution in [2.75, 3.05) is 0 Å². The molecule has 0 aliphatic heterocycles. The van der Waals surface area contributed by atoms with Crippen LogP contribution in [0.1, 0.15) is 0 Å². The first-order chi connectivity index (χ1) is 6.65. The third-order valence-electron chi connectivity index (χ3n) is 1.56. The summed E-state index contributed by atoms with van der Waals surface area (Å²) in [5.74, 6) is 0.0103. The number of ether oxygens (including phenoxy) is 1. The summed E-state index contributed by atoms with van der Waals surface area (Å²) in [5.41, 5.74) is 0.439. The largest absolute Gasteiger partial charge is 0.435 e. The van der Waals surface area contributed by atoms with Crippen LogP contribution >= 0.6 is 11.3 Å². The third kappa shape index (κ3) is 1.79. The zero-order valence-electron chi connectivity index (χ0n) is 6.71. The van der Waals surface area contributed by atoms with Crippen molar-refractivity contribution in [3.63, 3.8) is 0 Å². The van der Waals surface area contributed by atoms with Crippen LogP contribution < -0.4 is 4.74 Å². The predicted molar refractivity (Wildman–Crippen MR) is 46.2 cm³/mol. The number of nitrogens with zero attached hydrogens (tertiary/aromatic N) is 1. The molecule has 0 unspecified atom stereocenters. The molecule has 0 radical (unpaired) electrons. The molecule has 0 saturated heterocycles. The normalized spacial score (nSPS) is 11.1. The molecule has 0 fully saturated rings. The van der Waals surface area contributed by atoms with Crippen molar-refractivity contribution < 1.29 is 17.9 Å². The van der Waals surface area contributed by atoms with Gasteiger partial charge in [0.2, 0.25) is 0 Å². The van der Waals surface area contributed by atoms with E-state index in [0.717, 1.165) is 11.3 Å². The Balaban J connectivity index is 2.40. The number of halogens is 3.